The fourth-order valence-corrected chi connectivity index (χ4v) is 2.26. The van der Waals surface area contributed by atoms with Crippen LogP contribution in [0, 0.1) is 0 Å². The minimum absolute atomic E-state index is 0.393. The summed E-state index contributed by atoms with van der Waals surface area (Å²) in [7, 11) is -3.52. The highest BCUT2D eigenvalue weighted by atomic mass is 32.2. The molecule has 0 saturated carbocycles. The van der Waals surface area contributed by atoms with Crippen molar-refractivity contribution in [1.82, 2.24) is 4.72 Å². The van der Waals surface area contributed by atoms with Crippen LogP contribution in [0.1, 0.15) is 25.8 Å². The van der Waals surface area contributed by atoms with Crippen molar-refractivity contribution in [2.24, 2.45) is 5.16 Å². The van der Waals surface area contributed by atoms with Crippen LogP contribution in [-0.4, -0.2) is 25.9 Å². The highest BCUT2D eigenvalue weighted by molar-refractivity contribution is 7.90. The van der Waals surface area contributed by atoms with Crippen molar-refractivity contribution in [1.29, 1.82) is 0 Å². The standard InChI is InChI=1S/C11H17N3O3S/c1-3-8-12-18(16,17)14-11-6-4-10(5-7-11)9(2)13-15/h4-7,12,14-15H,3,8H2,1-2H3/b13-9+. The van der Waals surface area contributed by atoms with Gasteiger partial charge in [0, 0.05) is 12.2 Å². The molecule has 0 aliphatic heterocycles. The summed E-state index contributed by atoms with van der Waals surface area (Å²) in [5.41, 5.74) is 1.64. The van der Waals surface area contributed by atoms with Crippen molar-refractivity contribution in [3.63, 3.8) is 0 Å². The number of hydrogen-bond donors (Lipinski definition) is 3. The van der Waals surface area contributed by atoms with Crippen molar-refractivity contribution in [3.8, 4) is 0 Å². The fourth-order valence-electron chi connectivity index (χ4n) is 1.26. The summed E-state index contributed by atoms with van der Waals surface area (Å²) in [6, 6.07) is 6.56. The number of rotatable bonds is 6. The minimum Gasteiger partial charge on any atom is -0.411 e. The predicted molar refractivity (Wildman–Crippen MR) is 71.3 cm³/mol. The van der Waals surface area contributed by atoms with Crippen molar-refractivity contribution < 1.29 is 13.6 Å². The lowest BCUT2D eigenvalue weighted by Gasteiger charge is -2.09. The van der Waals surface area contributed by atoms with Gasteiger partial charge in [-0.25, -0.2) is 0 Å². The number of nitrogens with one attached hydrogen (secondary N) is 2. The molecule has 1 aromatic carbocycles. The molecule has 0 aromatic heterocycles. The van der Waals surface area contributed by atoms with Crippen LogP contribution in [0.3, 0.4) is 0 Å². The van der Waals surface area contributed by atoms with E-state index in [4.69, 9.17) is 5.21 Å². The lowest BCUT2D eigenvalue weighted by atomic mass is 10.1. The van der Waals surface area contributed by atoms with Crippen molar-refractivity contribution in [2.45, 2.75) is 20.3 Å². The maximum absolute atomic E-state index is 11.5. The summed E-state index contributed by atoms with van der Waals surface area (Å²) in [5.74, 6) is 0. The van der Waals surface area contributed by atoms with Gasteiger partial charge in [-0.1, -0.05) is 24.2 Å². The maximum atomic E-state index is 11.5. The second-order valence-corrected chi connectivity index (χ2v) is 5.26. The molecule has 0 amide bonds. The summed E-state index contributed by atoms with van der Waals surface area (Å²) in [6.07, 6.45) is 0.728. The van der Waals surface area contributed by atoms with Gasteiger partial charge < -0.3 is 5.21 Å². The van der Waals surface area contributed by atoms with Crippen LogP contribution >= 0.6 is 0 Å². The van der Waals surface area contributed by atoms with E-state index in [1.54, 1.807) is 31.2 Å². The zero-order valence-corrected chi connectivity index (χ0v) is 11.2. The molecule has 0 radical (unpaired) electrons. The molecular weight excluding hydrogens is 254 g/mol. The van der Waals surface area contributed by atoms with Crippen LogP contribution in [-0.2, 0) is 10.2 Å². The Kier molecular flexibility index (Phi) is 5.11. The Bertz CT molecular complexity index is 509. The second-order valence-electron chi connectivity index (χ2n) is 3.76. The molecule has 18 heavy (non-hydrogen) atoms. The number of nitrogens with zero attached hydrogens (tertiary/aromatic N) is 1. The number of hydrogen-bond acceptors (Lipinski definition) is 4. The van der Waals surface area contributed by atoms with E-state index in [1.807, 2.05) is 6.92 Å². The second kappa shape index (κ2) is 6.36. The van der Waals surface area contributed by atoms with Gasteiger partial charge in [-0.05, 0) is 31.0 Å². The molecule has 1 rings (SSSR count). The lowest BCUT2D eigenvalue weighted by molar-refractivity contribution is 0.319. The van der Waals surface area contributed by atoms with Gasteiger partial charge >= 0.3 is 0 Å². The lowest BCUT2D eigenvalue weighted by Crippen LogP contribution is -2.30. The quantitative estimate of drug-likeness (QED) is 0.416. The first kappa shape index (κ1) is 14.5. The number of anilines is 1. The smallest absolute Gasteiger partial charge is 0.299 e. The Labute approximate surface area is 107 Å². The van der Waals surface area contributed by atoms with Crippen LogP contribution in [0.25, 0.3) is 0 Å². The van der Waals surface area contributed by atoms with Crippen LogP contribution in [0.5, 0.6) is 0 Å². The normalized spacial score (nSPS) is 12.4. The van der Waals surface area contributed by atoms with Gasteiger partial charge in [-0.2, -0.15) is 13.1 Å². The molecule has 0 aliphatic carbocycles. The van der Waals surface area contributed by atoms with Gasteiger partial charge in [0.2, 0.25) is 0 Å². The molecule has 0 atom stereocenters. The fraction of sp³-hybridized carbons (Fsp3) is 0.364. The SMILES string of the molecule is CCCNS(=O)(=O)Nc1ccc(/C(C)=N/O)cc1. The van der Waals surface area contributed by atoms with Crippen molar-refractivity contribution >= 4 is 21.6 Å². The third kappa shape index (κ3) is 4.34. The summed E-state index contributed by atoms with van der Waals surface area (Å²) >= 11 is 0. The molecule has 3 N–H and O–H groups in total. The number of benzene rings is 1. The molecule has 0 bridgehead atoms. The maximum Gasteiger partial charge on any atom is 0.299 e. The summed E-state index contributed by atoms with van der Waals surface area (Å²) in [4.78, 5) is 0. The van der Waals surface area contributed by atoms with E-state index in [-0.39, 0.29) is 0 Å². The first-order valence-corrected chi connectivity index (χ1v) is 7.03. The first-order valence-electron chi connectivity index (χ1n) is 5.55. The van der Waals surface area contributed by atoms with E-state index < -0.39 is 10.2 Å². The largest absolute Gasteiger partial charge is 0.411 e. The average molecular weight is 271 g/mol. The van der Waals surface area contributed by atoms with Crippen molar-refractivity contribution in [3.05, 3.63) is 29.8 Å². The molecule has 0 aliphatic rings. The average Bonchev–Trinajstić information content (AvgIpc) is 2.36. The molecule has 0 heterocycles. The topological polar surface area (TPSA) is 90.8 Å². The third-order valence-corrected chi connectivity index (χ3v) is 3.34. The highest BCUT2D eigenvalue weighted by Crippen LogP contribution is 2.11. The predicted octanol–water partition coefficient (Wildman–Crippen LogP) is 1.54. The van der Waals surface area contributed by atoms with Crippen LogP contribution < -0.4 is 9.44 Å². The Morgan fingerprint density at radius 1 is 1.33 bits per heavy atom. The first-order chi connectivity index (χ1) is 8.48. The third-order valence-electron chi connectivity index (χ3n) is 2.25. The van der Waals surface area contributed by atoms with E-state index in [9.17, 15) is 8.42 Å². The molecule has 100 valence electrons. The van der Waals surface area contributed by atoms with Crippen LogP contribution in [0.15, 0.2) is 29.4 Å². The van der Waals surface area contributed by atoms with E-state index >= 15 is 0 Å². The Morgan fingerprint density at radius 3 is 2.44 bits per heavy atom. The Balaban J connectivity index is 2.75. The molecule has 7 heteroatoms. The van der Waals surface area contributed by atoms with Gasteiger partial charge in [0.15, 0.2) is 0 Å². The zero-order valence-electron chi connectivity index (χ0n) is 10.3. The van der Waals surface area contributed by atoms with E-state index in [0.29, 0.717) is 17.9 Å². The molecule has 1 aromatic rings. The Hall–Kier alpha value is -1.60. The van der Waals surface area contributed by atoms with Crippen LogP contribution in [0.2, 0.25) is 0 Å². The van der Waals surface area contributed by atoms with Gasteiger partial charge in [-0.3, -0.25) is 4.72 Å². The molecule has 0 spiro atoms. The molecule has 6 nitrogen and oxygen atoms in total. The summed E-state index contributed by atoms with van der Waals surface area (Å²) < 4.78 is 27.9. The van der Waals surface area contributed by atoms with Gasteiger partial charge in [0.1, 0.15) is 0 Å². The molecule has 0 fully saturated rings. The monoisotopic (exact) mass is 271 g/mol. The van der Waals surface area contributed by atoms with Crippen LogP contribution in [0.4, 0.5) is 5.69 Å². The van der Waals surface area contributed by atoms with Gasteiger partial charge in [0.05, 0.1) is 5.71 Å². The number of oxime groups is 1. The zero-order chi connectivity index (χ0) is 13.6. The molecular formula is C11H17N3O3S. The van der Waals surface area contributed by atoms with Gasteiger partial charge in [-0.15, -0.1) is 0 Å². The van der Waals surface area contributed by atoms with Crippen molar-refractivity contribution in [2.75, 3.05) is 11.3 Å². The van der Waals surface area contributed by atoms with E-state index in [1.165, 1.54) is 0 Å². The minimum atomic E-state index is -3.52. The summed E-state index contributed by atoms with van der Waals surface area (Å²) in [5, 5.41) is 11.7. The van der Waals surface area contributed by atoms with E-state index in [2.05, 4.69) is 14.6 Å². The van der Waals surface area contributed by atoms with E-state index in [0.717, 1.165) is 12.0 Å². The Morgan fingerprint density at radius 2 is 1.94 bits per heavy atom. The molecule has 0 saturated heterocycles. The molecule has 0 unspecified atom stereocenters. The highest BCUT2D eigenvalue weighted by Gasteiger charge is 2.08. The summed E-state index contributed by atoms with van der Waals surface area (Å²) in [6.45, 7) is 3.93. The van der Waals surface area contributed by atoms with Gasteiger partial charge in [0.25, 0.3) is 10.2 Å².